The molecule has 4 atom stereocenters. The zero-order chi connectivity index (χ0) is 50.4. The van der Waals surface area contributed by atoms with Crippen LogP contribution in [0.5, 0.6) is 0 Å². The molecule has 8 rings (SSSR count). The van der Waals surface area contributed by atoms with Crippen molar-refractivity contribution in [2.24, 2.45) is 23.7 Å². The molecule has 0 N–H and O–H groups in total. The molecule has 0 aliphatic rings. The van der Waals surface area contributed by atoms with Gasteiger partial charge in [0.15, 0.2) is 0 Å². The molecule has 0 fully saturated rings. The van der Waals surface area contributed by atoms with Gasteiger partial charge in [-0.1, -0.05) is 130 Å². The van der Waals surface area contributed by atoms with Crippen LogP contribution in [0.3, 0.4) is 0 Å². The topological polar surface area (TPSA) is 116 Å². The molecule has 0 bridgehead atoms. The molecule has 0 aromatic carbocycles. The van der Waals surface area contributed by atoms with Crippen LogP contribution in [0.1, 0.15) is 81.1 Å². The van der Waals surface area contributed by atoms with E-state index in [0.29, 0.717) is 23.7 Å². The second-order valence-electron chi connectivity index (χ2n) is 19.2. The van der Waals surface area contributed by atoms with E-state index in [1.807, 2.05) is 85.2 Å². The molecule has 8 heterocycles. The van der Waals surface area contributed by atoms with E-state index in [-0.39, 0.29) is 0 Å². The van der Waals surface area contributed by atoms with Crippen molar-refractivity contribution < 1.29 is 0 Å². The molecule has 370 valence electrons. The maximum Gasteiger partial charge on any atom is 0.134 e. The Balaban J connectivity index is 1.11. The van der Waals surface area contributed by atoms with Gasteiger partial charge in [0.1, 0.15) is 46.5 Å². The predicted molar refractivity (Wildman–Crippen MR) is 297 cm³/mol. The summed E-state index contributed by atoms with van der Waals surface area (Å²) in [6.07, 6.45) is 7.79. The summed E-state index contributed by atoms with van der Waals surface area (Å²) < 4.78 is 0. The standard InChI is InChI=1S/C60H70N12/c1-9-43(5)39-69(53-29-13-15-37-61-53)55-31-17-23-47(63-55)49-25-19-33-57(65-49)71(41-45(7)11-3)59-35-21-27-51(67-59)52-28-22-36-60(68-52)72(42-46(8)12-4)58-34-20-26-50(66-58)48-24-18-32-56(64-48)70(40-44(6)10-2)54-30-14-16-38-62-54/h13-38,43-46H,9-12,39-42H2,1-8H3/t43-,44-,45-,46-/m0/s1. The van der Waals surface area contributed by atoms with Crippen molar-refractivity contribution in [1.29, 1.82) is 0 Å². The highest BCUT2D eigenvalue weighted by molar-refractivity contribution is 5.69. The van der Waals surface area contributed by atoms with Crippen LogP contribution in [0.25, 0.3) is 34.2 Å². The summed E-state index contributed by atoms with van der Waals surface area (Å²) in [6, 6.07) is 49.0. The molecule has 0 radical (unpaired) electrons. The lowest BCUT2D eigenvalue weighted by molar-refractivity contribution is 0.564. The Bertz CT molecular complexity index is 2750. The van der Waals surface area contributed by atoms with Crippen molar-refractivity contribution in [2.75, 3.05) is 45.8 Å². The number of hydrogen-bond acceptors (Lipinski definition) is 12. The summed E-state index contributed by atoms with van der Waals surface area (Å²) >= 11 is 0. The Hall–Kier alpha value is -7.60. The fourth-order valence-corrected chi connectivity index (χ4v) is 8.31. The van der Waals surface area contributed by atoms with Crippen molar-refractivity contribution in [3.05, 3.63) is 158 Å². The highest BCUT2D eigenvalue weighted by Gasteiger charge is 2.22. The molecule has 0 aliphatic heterocycles. The Morgan fingerprint density at radius 1 is 0.278 bits per heavy atom. The summed E-state index contributed by atoms with van der Waals surface area (Å²) in [6.45, 7) is 21.0. The van der Waals surface area contributed by atoms with Gasteiger partial charge in [-0.3, -0.25) is 0 Å². The fraction of sp³-hybridized carbons (Fsp3) is 0.333. The van der Waals surface area contributed by atoms with E-state index < -0.39 is 0 Å². The van der Waals surface area contributed by atoms with E-state index in [9.17, 15) is 0 Å². The highest BCUT2D eigenvalue weighted by Crippen LogP contribution is 2.33. The van der Waals surface area contributed by atoms with E-state index in [1.165, 1.54) is 0 Å². The minimum atomic E-state index is 0.371. The molecule has 0 aliphatic carbocycles. The van der Waals surface area contributed by atoms with Gasteiger partial charge in [-0.05, 0) is 121 Å². The van der Waals surface area contributed by atoms with E-state index in [2.05, 4.69) is 148 Å². The average molecular weight is 959 g/mol. The van der Waals surface area contributed by atoms with Crippen LogP contribution in [0.2, 0.25) is 0 Å². The molecule has 0 saturated heterocycles. The van der Waals surface area contributed by atoms with Gasteiger partial charge in [0.25, 0.3) is 0 Å². The Morgan fingerprint density at radius 2 is 0.486 bits per heavy atom. The minimum Gasteiger partial charge on any atom is -0.311 e. The molecule has 0 unspecified atom stereocenters. The number of aromatic nitrogens is 8. The summed E-state index contributed by atoms with van der Waals surface area (Å²) in [5.74, 6) is 8.29. The van der Waals surface area contributed by atoms with Gasteiger partial charge in [-0.2, -0.15) is 0 Å². The van der Waals surface area contributed by atoms with Gasteiger partial charge in [0.2, 0.25) is 0 Å². The van der Waals surface area contributed by atoms with Crippen LogP contribution in [-0.4, -0.2) is 66.1 Å². The third-order valence-corrected chi connectivity index (χ3v) is 13.5. The molecule has 0 amide bonds. The quantitative estimate of drug-likeness (QED) is 0.0608. The summed E-state index contributed by atoms with van der Waals surface area (Å²) in [4.78, 5) is 49.9. The second kappa shape index (κ2) is 24.5. The number of hydrogen-bond donors (Lipinski definition) is 0. The lowest BCUT2D eigenvalue weighted by Crippen LogP contribution is -2.26. The van der Waals surface area contributed by atoms with Gasteiger partial charge in [-0.15, -0.1) is 0 Å². The Kier molecular flexibility index (Phi) is 17.3. The molecule has 8 aromatic heterocycles. The smallest absolute Gasteiger partial charge is 0.134 e. The monoisotopic (exact) mass is 959 g/mol. The van der Waals surface area contributed by atoms with Crippen molar-refractivity contribution in [2.45, 2.75) is 81.1 Å². The van der Waals surface area contributed by atoms with Gasteiger partial charge in [0.05, 0.1) is 34.2 Å². The number of anilines is 8. The molecule has 72 heavy (non-hydrogen) atoms. The van der Waals surface area contributed by atoms with Gasteiger partial charge < -0.3 is 19.6 Å². The molecule has 12 nitrogen and oxygen atoms in total. The second-order valence-corrected chi connectivity index (χ2v) is 19.2. The molecular formula is C60H70N12. The van der Waals surface area contributed by atoms with Crippen LogP contribution in [0, 0.1) is 23.7 Å². The van der Waals surface area contributed by atoms with Crippen LogP contribution in [-0.2, 0) is 0 Å². The number of nitrogens with zero attached hydrogens (tertiary/aromatic N) is 12. The summed E-state index contributed by atoms with van der Waals surface area (Å²) in [5, 5.41) is 0. The van der Waals surface area contributed by atoms with Crippen LogP contribution < -0.4 is 19.6 Å². The minimum absolute atomic E-state index is 0.371. The number of rotatable bonds is 23. The largest absolute Gasteiger partial charge is 0.311 e. The molecule has 8 aromatic rings. The molecule has 0 saturated carbocycles. The van der Waals surface area contributed by atoms with Crippen molar-refractivity contribution in [3.8, 4) is 34.2 Å². The van der Waals surface area contributed by atoms with Gasteiger partial charge in [0, 0.05) is 38.6 Å². The normalized spacial score (nSPS) is 12.9. The predicted octanol–water partition coefficient (Wildman–Crippen LogP) is 14.6. The number of pyridine rings is 8. The van der Waals surface area contributed by atoms with Crippen LogP contribution in [0.15, 0.2) is 158 Å². The lowest BCUT2D eigenvalue weighted by atomic mass is 10.1. The maximum atomic E-state index is 5.33. The zero-order valence-electron chi connectivity index (χ0n) is 43.3. The van der Waals surface area contributed by atoms with Crippen molar-refractivity contribution in [1.82, 2.24) is 39.9 Å². The third-order valence-electron chi connectivity index (χ3n) is 13.5. The Morgan fingerprint density at radius 3 is 0.681 bits per heavy atom. The Labute approximate surface area is 427 Å². The van der Waals surface area contributed by atoms with E-state index >= 15 is 0 Å². The molecular weight excluding hydrogens is 889 g/mol. The maximum absolute atomic E-state index is 5.33. The zero-order valence-corrected chi connectivity index (χ0v) is 43.3. The lowest BCUT2D eigenvalue weighted by Gasteiger charge is -2.27. The van der Waals surface area contributed by atoms with Gasteiger partial charge in [-0.25, -0.2) is 39.9 Å². The van der Waals surface area contributed by atoms with E-state index in [0.717, 1.165) is 133 Å². The average Bonchev–Trinajstić information content (AvgIpc) is 3.44. The summed E-state index contributed by atoms with van der Waals surface area (Å²) in [7, 11) is 0. The van der Waals surface area contributed by atoms with Gasteiger partial charge >= 0.3 is 0 Å². The van der Waals surface area contributed by atoms with Crippen LogP contribution >= 0.6 is 0 Å². The van der Waals surface area contributed by atoms with Crippen LogP contribution in [0.4, 0.5) is 46.5 Å². The fourth-order valence-electron chi connectivity index (χ4n) is 8.31. The SMILES string of the molecule is CC[C@H](C)CN(c1ccccn1)c1cccc(-c2cccc(N(C[C@@H](C)CC)c3cccc(-c4cccc(N(C[C@@H](C)CC)c5cccc(-c6cccc(N(C[C@@H](C)CC)c7ccccn7)n6)n5)n4)n3)n2)n1. The first-order chi connectivity index (χ1) is 35.1. The molecule has 0 spiro atoms. The third kappa shape index (κ3) is 12.6. The molecule has 12 heteroatoms. The first kappa shape index (κ1) is 50.8. The van der Waals surface area contributed by atoms with E-state index in [1.54, 1.807) is 0 Å². The summed E-state index contributed by atoms with van der Waals surface area (Å²) in [5.41, 5.74) is 4.70. The first-order valence-electron chi connectivity index (χ1n) is 25.9. The van der Waals surface area contributed by atoms with E-state index in [4.69, 9.17) is 39.9 Å². The first-order valence-corrected chi connectivity index (χ1v) is 25.9. The van der Waals surface area contributed by atoms with Crippen molar-refractivity contribution in [3.63, 3.8) is 0 Å². The van der Waals surface area contributed by atoms with Crippen molar-refractivity contribution >= 4 is 46.5 Å². The highest BCUT2D eigenvalue weighted by atomic mass is 15.3.